The average Bonchev–Trinajstić information content (AvgIpc) is 2.88. The summed E-state index contributed by atoms with van der Waals surface area (Å²) < 4.78 is 32.2. The number of rotatable bonds is 8. The molecule has 35 heavy (non-hydrogen) atoms. The average molecular weight is 499 g/mol. The third kappa shape index (κ3) is 6.49. The second kappa shape index (κ2) is 11.4. The molecule has 1 saturated heterocycles. The lowest BCUT2D eigenvalue weighted by molar-refractivity contribution is -0.148. The lowest BCUT2D eigenvalue weighted by Crippen LogP contribution is -2.35. The van der Waals surface area contributed by atoms with E-state index in [1.807, 2.05) is 6.92 Å². The SMILES string of the molecule is CC(NC(=O)COC(=O)Cc1ccc(S(=O)(=O)N2CCCCC2)cc1)c1ccc2c(c1)CCCC2. The van der Waals surface area contributed by atoms with Crippen molar-refractivity contribution in [3.05, 3.63) is 64.7 Å². The van der Waals surface area contributed by atoms with Crippen molar-refractivity contribution >= 4 is 21.9 Å². The molecule has 1 N–H and O–H groups in total. The summed E-state index contributed by atoms with van der Waals surface area (Å²) in [5.41, 5.74) is 4.43. The molecule has 4 rings (SSSR count). The van der Waals surface area contributed by atoms with Gasteiger partial charge in [-0.3, -0.25) is 9.59 Å². The maximum absolute atomic E-state index is 12.7. The molecule has 0 bridgehead atoms. The highest BCUT2D eigenvalue weighted by atomic mass is 32.2. The largest absolute Gasteiger partial charge is 0.455 e. The quantitative estimate of drug-likeness (QED) is 0.560. The minimum Gasteiger partial charge on any atom is -0.455 e. The first-order valence-electron chi connectivity index (χ1n) is 12.5. The predicted octanol–water partition coefficient (Wildman–Crippen LogP) is 3.70. The topological polar surface area (TPSA) is 92.8 Å². The molecule has 1 aliphatic carbocycles. The van der Waals surface area contributed by atoms with Gasteiger partial charge in [-0.25, -0.2) is 8.42 Å². The van der Waals surface area contributed by atoms with E-state index in [2.05, 4.69) is 23.5 Å². The molecular formula is C27H34N2O5S. The number of nitrogens with zero attached hydrogens (tertiary/aromatic N) is 1. The van der Waals surface area contributed by atoms with E-state index in [1.165, 1.54) is 40.4 Å². The van der Waals surface area contributed by atoms with Crippen LogP contribution in [-0.4, -0.2) is 44.3 Å². The summed E-state index contributed by atoms with van der Waals surface area (Å²) in [5, 5.41) is 2.89. The Morgan fingerprint density at radius 2 is 1.63 bits per heavy atom. The van der Waals surface area contributed by atoms with Gasteiger partial charge in [0, 0.05) is 13.1 Å². The van der Waals surface area contributed by atoms with E-state index in [4.69, 9.17) is 4.74 Å². The minimum atomic E-state index is -3.50. The first-order valence-corrected chi connectivity index (χ1v) is 13.9. The molecule has 1 unspecified atom stereocenters. The third-order valence-corrected chi connectivity index (χ3v) is 8.75. The number of piperidine rings is 1. The van der Waals surface area contributed by atoms with Gasteiger partial charge in [0.05, 0.1) is 17.4 Å². The molecule has 7 nitrogen and oxygen atoms in total. The Labute approximate surface area is 207 Å². The molecule has 1 amide bonds. The zero-order valence-corrected chi connectivity index (χ0v) is 21.1. The molecule has 1 aliphatic heterocycles. The molecule has 2 aromatic rings. The molecular weight excluding hydrogens is 464 g/mol. The summed E-state index contributed by atoms with van der Waals surface area (Å²) in [6, 6.07) is 12.5. The van der Waals surface area contributed by atoms with E-state index >= 15 is 0 Å². The fraction of sp³-hybridized carbons (Fsp3) is 0.481. The summed E-state index contributed by atoms with van der Waals surface area (Å²) >= 11 is 0. The fourth-order valence-corrected chi connectivity index (χ4v) is 6.30. The van der Waals surface area contributed by atoms with Crippen molar-refractivity contribution in [3.63, 3.8) is 0 Å². The number of aryl methyl sites for hydroxylation is 2. The van der Waals surface area contributed by atoms with Gasteiger partial charge >= 0.3 is 5.97 Å². The van der Waals surface area contributed by atoms with Crippen LogP contribution in [0.2, 0.25) is 0 Å². The molecule has 1 heterocycles. The van der Waals surface area contributed by atoms with Gasteiger partial charge in [-0.1, -0.05) is 36.8 Å². The van der Waals surface area contributed by atoms with Crippen LogP contribution >= 0.6 is 0 Å². The van der Waals surface area contributed by atoms with Crippen molar-refractivity contribution in [1.82, 2.24) is 9.62 Å². The summed E-state index contributed by atoms with van der Waals surface area (Å²) in [4.78, 5) is 24.8. The van der Waals surface area contributed by atoms with Crippen molar-refractivity contribution in [1.29, 1.82) is 0 Å². The molecule has 2 aliphatic rings. The van der Waals surface area contributed by atoms with Crippen molar-refractivity contribution < 1.29 is 22.7 Å². The van der Waals surface area contributed by atoms with Crippen LogP contribution in [0, 0.1) is 0 Å². The second-order valence-corrected chi connectivity index (χ2v) is 11.4. The van der Waals surface area contributed by atoms with E-state index in [-0.39, 0.29) is 29.9 Å². The molecule has 2 aromatic carbocycles. The highest BCUT2D eigenvalue weighted by Gasteiger charge is 2.25. The number of benzene rings is 2. The van der Waals surface area contributed by atoms with Gasteiger partial charge in [0.15, 0.2) is 6.61 Å². The Morgan fingerprint density at radius 3 is 2.34 bits per heavy atom. The van der Waals surface area contributed by atoms with Crippen molar-refractivity contribution in [2.75, 3.05) is 19.7 Å². The number of carbonyl (C=O) groups excluding carboxylic acids is 2. The van der Waals surface area contributed by atoms with E-state index in [9.17, 15) is 18.0 Å². The van der Waals surface area contributed by atoms with Crippen LogP contribution in [0.25, 0.3) is 0 Å². The number of hydrogen-bond donors (Lipinski definition) is 1. The number of amides is 1. The molecule has 0 spiro atoms. The Bertz CT molecular complexity index is 1150. The van der Waals surface area contributed by atoms with Crippen LogP contribution in [0.3, 0.4) is 0 Å². The number of esters is 1. The van der Waals surface area contributed by atoms with Gasteiger partial charge < -0.3 is 10.1 Å². The minimum absolute atomic E-state index is 0.0301. The molecule has 0 saturated carbocycles. The number of ether oxygens (including phenoxy) is 1. The summed E-state index contributed by atoms with van der Waals surface area (Å²) in [6.45, 7) is 2.66. The lowest BCUT2D eigenvalue weighted by atomic mass is 9.89. The maximum Gasteiger partial charge on any atom is 0.310 e. The van der Waals surface area contributed by atoms with E-state index in [1.54, 1.807) is 12.1 Å². The number of fused-ring (bicyclic) bond motifs is 1. The van der Waals surface area contributed by atoms with Crippen LogP contribution < -0.4 is 5.32 Å². The van der Waals surface area contributed by atoms with Crippen molar-refractivity contribution in [2.24, 2.45) is 0 Å². The highest BCUT2D eigenvalue weighted by molar-refractivity contribution is 7.89. The number of carbonyl (C=O) groups is 2. The van der Waals surface area contributed by atoms with E-state index in [0.717, 1.165) is 37.7 Å². The van der Waals surface area contributed by atoms with Gasteiger partial charge in [0.1, 0.15) is 0 Å². The lowest BCUT2D eigenvalue weighted by Gasteiger charge is -2.25. The number of hydrogen-bond acceptors (Lipinski definition) is 5. The molecule has 1 atom stereocenters. The van der Waals surface area contributed by atoms with Crippen LogP contribution in [-0.2, 0) is 43.6 Å². The summed E-state index contributed by atoms with van der Waals surface area (Å²) in [6.07, 6.45) is 7.40. The first kappa shape index (κ1) is 25.4. The highest BCUT2D eigenvalue weighted by Crippen LogP contribution is 2.25. The summed E-state index contributed by atoms with van der Waals surface area (Å²) in [5.74, 6) is -0.889. The standard InChI is InChI=1S/C27H34N2O5S/c1-20(23-12-11-22-7-3-4-8-24(22)18-23)28-26(30)19-34-27(31)17-21-9-13-25(14-10-21)35(32,33)29-15-5-2-6-16-29/h9-14,18,20H,2-8,15-17,19H2,1H3,(H,28,30). The van der Waals surface area contributed by atoms with Gasteiger partial charge in [-0.2, -0.15) is 4.31 Å². The molecule has 188 valence electrons. The Kier molecular flexibility index (Phi) is 8.23. The zero-order chi connectivity index (χ0) is 24.8. The van der Waals surface area contributed by atoms with Crippen molar-refractivity contribution in [2.45, 2.75) is 69.2 Å². The Balaban J connectivity index is 1.24. The Hall–Kier alpha value is -2.71. The molecule has 0 aromatic heterocycles. The van der Waals surface area contributed by atoms with Crippen LogP contribution in [0.15, 0.2) is 47.4 Å². The normalized spacial score (nSPS) is 17.3. The van der Waals surface area contributed by atoms with Gasteiger partial charge in [0.2, 0.25) is 10.0 Å². The van der Waals surface area contributed by atoms with Gasteiger partial charge in [-0.15, -0.1) is 0 Å². The predicted molar refractivity (Wildman–Crippen MR) is 133 cm³/mol. The first-order chi connectivity index (χ1) is 16.8. The smallest absolute Gasteiger partial charge is 0.310 e. The van der Waals surface area contributed by atoms with Gasteiger partial charge in [-0.05, 0) is 79.8 Å². The zero-order valence-electron chi connectivity index (χ0n) is 20.3. The Morgan fingerprint density at radius 1 is 0.943 bits per heavy atom. The fourth-order valence-electron chi connectivity index (χ4n) is 4.79. The van der Waals surface area contributed by atoms with E-state index < -0.39 is 16.0 Å². The summed E-state index contributed by atoms with van der Waals surface area (Å²) in [7, 11) is -3.50. The van der Waals surface area contributed by atoms with Crippen molar-refractivity contribution in [3.8, 4) is 0 Å². The van der Waals surface area contributed by atoms with Crippen LogP contribution in [0.4, 0.5) is 0 Å². The van der Waals surface area contributed by atoms with Crippen LogP contribution in [0.1, 0.15) is 67.3 Å². The van der Waals surface area contributed by atoms with Crippen LogP contribution in [0.5, 0.6) is 0 Å². The van der Waals surface area contributed by atoms with E-state index in [0.29, 0.717) is 18.7 Å². The molecule has 1 fully saturated rings. The third-order valence-electron chi connectivity index (χ3n) is 6.84. The molecule has 8 heteroatoms. The number of sulfonamides is 1. The second-order valence-electron chi connectivity index (χ2n) is 9.47. The van der Waals surface area contributed by atoms with Gasteiger partial charge in [0.25, 0.3) is 5.91 Å². The molecule has 0 radical (unpaired) electrons. The maximum atomic E-state index is 12.7. The monoisotopic (exact) mass is 498 g/mol. The number of nitrogens with one attached hydrogen (secondary N) is 1.